The average Bonchev–Trinajstić information content (AvgIpc) is 2.34. The van der Waals surface area contributed by atoms with Crippen molar-refractivity contribution in [1.29, 1.82) is 0 Å². The summed E-state index contributed by atoms with van der Waals surface area (Å²) in [5, 5.41) is 3.10. The zero-order valence-electron chi connectivity index (χ0n) is 10.5. The maximum Gasteiger partial charge on any atom is 0.127 e. The van der Waals surface area contributed by atoms with Crippen molar-refractivity contribution in [3.63, 3.8) is 0 Å². The van der Waals surface area contributed by atoms with E-state index in [2.05, 4.69) is 10.2 Å². The van der Waals surface area contributed by atoms with Gasteiger partial charge in [-0.15, -0.1) is 0 Å². The summed E-state index contributed by atoms with van der Waals surface area (Å²) in [7, 11) is 2.04. The van der Waals surface area contributed by atoms with Crippen molar-refractivity contribution in [3.05, 3.63) is 35.4 Å². The number of benzene rings is 1. The third-order valence-electron chi connectivity index (χ3n) is 3.04. The van der Waals surface area contributed by atoms with E-state index in [1.54, 1.807) is 0 Å². The molecule has 1 heterocycles. The molecule has 1 saturated heterocycles. The lowest BCUT2D eigenvalue weighted by atomic mass is 10.2. The number of nitrogens with zero attached hydrogens (tertiary/aromatic N) is 1. The number of hydrogen-bond donors (Lipinski definition) is 1. The standard InChI is InChI=1S/C13H18F2N2O/c1-17-4-5-18-12(9-17)8-16-7-10-6-11(14)2-3-13(10)15/h2-3,6,12,16H,4-5,7-9H2,1H3/t12-/m1/s1. The Kier molecular flexibility index (Phi) is 4.63. The van der Waals surface area contributed by atoms with E-state index < -0.39 is 5.82 Å². The van der Waals surface area contributed by atoms with Gasteiger partial charge >= 0.3 is 0 Å². The van der Waals surface area contributed by atoms with Crippen molar-refractivity contribution in [2.24, 2.45) is 0 Å². The van der Waals surface area contributed by atoms with Crippen molar-refractivity contribution in [1.82, 2.24) is 10.2 Å². The topological polar surface area (TPSA) is 24.5 Å². The molecule has 0 saturated carbocycles. The van der Waals surface area contributed by atoms with Gasteiger partial charge in [-0.1, -0.05) is 0 Å². The first-order valence-corrected chi connectivity index (χ1v) is 6.10. The van der Waals surface area contributed by atoms with E-state index in [0.29, 0.717) is 18.7 Å². The highest BCUT2D eigenvalue weighted by Gasteiger charge is 2.17. The molecule has 0 aliphatic carbocycles. The molecular formula is C13H18F2N2O. The molecule has 1 N–H and O–H groups in total. The van der Waals surface area contributed by atoms with Crippen LogP contribution in [-0.2, 0) is 11.3 Å². The van der Waals surface area contributed by atoms with Gasteiger partial charge in [0.25, 0.3) is 0 Å². The zero-order valence-corrected chi connectivity index (χ0v) is 10.5. The van der Waals surface area contributed by atoms with Crippen LogP contribution in [0.15, 0.2) is 18.2 Å². The largest absolute Gasteiger partial charge is 0.374 e. The first kappa shape index (κ1) is 13.4. The van der Waals surface area contributed by atoms with Gasteiger partial charge in [-0.3, -0.25) is 0 Å². The van der Waals surface area contributed by atoms with Gasteiger partial charge in [0.15, 0.2) is 0 Å². The number of ether oxygens (including phenoxy) is 1. The molecule has 100 valence electrons. The Labute approximate surface area is 106 Å². The van der Waals surface area contributed by atoms with Crippen LogP contribution >= 0.6 is 0 Å². The number of hydrogen-bond acceptors (Lipinski definition) is 3. The molecule has 0 bridgehead atoms. The number of rotatable bonds is 4. The summed E-state index contributed by atoms with van der Waals surface area (Å²) in [4.78, 5) is 2.19. The van der Waals surface area contributed by atoms with Gasteiger partial charge in [0.1, 0.15) is 11.6 Å². The molecule has 1 aliphatic rings. The molecule has 0 radical (unpaired) electrons. The highest BCUT2D eigenvalue weighted by atomic mass is 19.1. The molecule has 1 fully saturated rings. The Hall–Kier alpha value is -1.04. The Balaban J connectivity index is 1.79. The second-order valence-corrected chi connectivity index (χ2v) is 4.62. The summed E-state index contributed by atoms with van der Waals surface area (Å²) in [5.41, 5.74) is 0.346. The highest BCUT2D eigenvalue weighted by molar-refractivity contribution is 5.18. The van der Waals surface area contributed by atoms with Crippen LogP contribution in [0.4, 0.5) is 8.78 Å². The summed E-state index contributed by atoms with van der Waals surface area (Å²) >= 11 is 0. The van der Waals surface area contributed by atoms with E-state index >= 15 is 0 Å². The normalized spacial score (nSPS) is 21.2. The molecule has 3 nitrogen and oxygen atoms in total. The van der Waals surface area contributed by atoms with Crippen molar-refractivity contribution < 1.29 is 13.5 Å². The fourth-order valence-corrected chi connectivity index (χ4v) is 2.04. The van der Waals surface area contributed by atoms with Gasteiger partial charge in [-0.2, -0.15) is 0 Å². The maximum atomic E-state index is 13.4. The van der Waals surface area contributed by atoms with E-state index in [4.69, 9.17) is 4.74 Å². The lowest BCUT2D eigenvalue weighted by molar-refractivity contribution is -0.0182. The molecule has 5 heteroatoms. The summed E-state index contributed by atoms with van der Waals surface area (Å²) in [5.74, 6) is -0.799. The third kappa shape index (κ3) is 3.73. The molecule has 18 heavy (non-hydrogen) atoms. The van der Waals surface area contributed by atoms with E-state index in [0.717, 1.165) is 31.8 Å². The summed E-state index contributed by atoms with van der Waals surface area (Å²) in [6.07, 6.45) is 0.111. The lowest BCUT2D eigenvalue weighted by Gasteiger charge is -2.30. The zero-order chi connectivity index (χ0) is 13.0. The monoisotopic (exact) mass is 256 g/mol. The van der Waals surface area contributed by atoms with Gasteiger partial charge in [-0.25, -0.2) is 8.78 Å². The van der Waals surface area contributed by atoms with Crippen molar-refractivity contribution in [2.75, 3.05) is 33.3 Å². The van der Waals surface area contributed by atoms with E-state index in [1.165, 1.54) is 6.07 Å². The van der Waals surface area contributed by atoms with Crippen molar-refractivity contribution in [2.45, 2.75) is 12.6 Å². The molecule has 0 aromatic heterocycles. The fraction of sp³-hybridized carbons (Fsp3) is 0.538. The fourth-order valence-electron chi connectivity index (χ4n) is 2.04. The van der Waals surface area contributed by atoms with Gasteiger partial charge < -0.3 is 15.0 Å². The van der Waals surface area contributed by atoms with Crippen LogP contribution in [0.25, 0.3) is 0 Å². The third-order valence-corrected chi connectivity index (χ3v) is 3.04. The van der Waals surface area contributed by atoms with Crippen LogP contribution in [0, 0.1) is 11.6 Å². The Morgan fingerprint density at radius 3 is 3.06 bits per heavy atom. The molecule has 0 unspecified atom stereocenters. The van der Waals surface area contributed by atoms with Gasteiger partial charge in [0.05, 0.1) is 12.7 Å². The molecule has 1 aromatic rings. The predicted octanol–water partition coefficient (Wildman–Crippen LogP) is 1.38. The Morgan fingerprint density at radius 2 is 2.28 bits per heavy atom. The predicted molar refractivity (Wildman–Crippen MR) is 65.3 cm³/mol. The minimum absolute atomic E-state index is 0.111. The van der Waals surface area contributed by atoms with Crippen LogP contribution in [0.1, 0.15) is 5.56 Å². The molecule has 1 atom stereocenters. The first-order valence-electron chi connectivity index (χ1n) is 6.10. The first-order chi connectivity index (χ1) is 8.65. The number of likely N-dealkylation sites (N-methyl/N-ethyl adjacent to an activating group) is 1. The Bertz CT molecular complexity index is 401. The Morgan fingerprint density at radius 1 is 1.44 bits per heavy atom. The smallest absolute Gasteiger partial charge is 0.127 e. The van der Waals surface area contributed by atoms with Crippen LogP contribution in [0.5, 0.6) is 0 Å². The summed E-state index contributed by atoms with van der Waals surface area (Å²) < 4.78 is 31.9. The second kappa shape index (κ2) is 6.22. The van der Waals surface area contributed by atoms with Crippen LogP contribution in [0.2, 0.25) is 0 Å². The summed E-state index contributed by atoms with van der Waals surface area (Å²) in [6.45, 7) is 3.47. The van der Waals surface area contributed by atoms with Gasteiger partial charge in [0.2, 0.25) is 0 Å². The number of halogens is 2. The molecule has 2 rings (SSSR count). The van der Waals surface area contributed by atoms with Crippen LogP contribution in [0.3, 0.4) is 0 Å². The van der Waals surface area contributed by atoms with Gasteiger partial charge in [0, 0.05) is 31.7 Å². The number of nitrogens with one attached hydrogen (secondary N) is 1. The van der Waals surface area contributed by atoms with E-state index in [9.17, 15) is 8.78 Å². The molecular weight excluding hydrogens is 238 g/mol. The SMILES string of the molecule is CN1CCO[C@H](CNCc2cc(F)ccc2F)C1. The molecule has 1 aromatic carbocycles. The summed E-state index contributed by atoms with van der Waals surface area (Å²) in [6, 6.07) is 3.49. The lowest BCUT2D eigenvalue weighted by Crippen LogP contribution is -2.44. The van der Waals surface area contributed by atoms with Crippen molar-refractivity contribution >= 4 is 0 Å². The second-order valence-electron chi connectivity index (χ2n) is 4.62. The van der Waals surface area contributed by atoms with E-state index in [1.807, 2.05) is 7.05 Å². The minimum atomic E-state index is -0.415. The minimum Gasteiger partial charge on any atom is -0.374 e. The quantitative estimate of drug-likeness (QED) is 0.881. The number of morpholine rings is 1. The van der Waals surface area contributed by atoms with E-state index in [-0.39, 0.29) is 11.9 Å². The van der Waals surface area contributed by atoms with Crippen molar-refractivity contribution in [3.8, 4) is 0 Å². The maximum absolute atomic E-state index is 13.4. The average molecular weight is 256 g/mol. The molecule has 1 aliphatic heterocycles. The molecule has 0 amide bonds. The molecule has 0 spiro atoms. The van der Waals surface area contributed by atoms with Crippen LogP contribution < -0.4 is 5.32 Å². The van der Waals surface area contributed by atoms with Crippen LogP contribution in [-0.4, -0.2) is 44.3 Å². The van der Waals surface area contributed by atoms with Gasteiger partial charge in [-0.05, 0) is 25.2 Å². The highest BCUT2D eigenvalue weighted by Crippen LogP contribution is 2.09.